The molecule has 134 valence electrons. The Labute approximate surface area is 157 Å². The smallest absolute Gasteiger partial charge is 0.319 e. The molecule has 0 saturated heterocycles. The van der Waals surface area contributed by atoms with Crippen LogP contribution in [-0.4, -0.2) is 16.0 Å². The van der Waals surface area contributed by atoms with Gasteiger partial charge in [-0.2, -0.15) is 0 Å². The lowest BCUT2D eigenvalue weighted by molar-refractivity contribution is 0.248. The number of fused-ring (bicyclic) bond motifs is 1. The van der Waals surface area contributed by atoms with E-state index in [2.05, 4.69) is 20.6 Å². The number of urea groups is 1. The van der Waals surface area contributed by atoms with Crippen molar-refractivity contribution in [2.45, 2.75) is 12.5 Å². The molecule has 3 N–H and O–H groups in total. The van der Waals surface area contributed by atoms with Gasteiger partial charge < -0.3 is 15.6 Å². The predicted molar refractivity (Wildman–Crippen MR) is 108 cm³/mol. The predicted octanol–water partition coefficient (Wildman–Crippen LogP) is 4.67. The van der Waals surface area contributed by atoms with Gasteiger partial charge >= 0.3 is 6.03 Å². The molecule has 1 unspecified atom stereocenters. The maximum absolute atomic E-state index is 12.5. The number of rotatable bonds is 5. The van der Waals surface area contributed by atoms with E-state index < -0.39 is 0 Å². The van der Waals surface area contributed by atoms with Crippen LogP contribution in [0.4, 0.5) is 10.5 Å². The summed E-state index contributed by atoms with van der Waals surface area (Å²) in [5, 5.41) is 5.92. The number of para-hydroxylation sites is 3. The van der Waals surface area contributed by atoms with Crippen molar-refractivity contribution in [1.29, 1.82) is 0 Å². The fourth-order valence-electron chi connectivity index (χ4n) is 3.05. The average molecular weight is 356 g/mol. The van der Waals surface area contributed by atoms with Gasteiger partial charge in [0.1, 0.15) is 5.82 Å². The fourth-order valence-corrected chi connectivity index (χ4v) is 3.05. The third kappa shape index (κ3) is 4.15. The zero-order chi connectivity index (χ0) is 18.5. The van der Waals surface area contributed by atoms with Crippen molar-refractivity contribution in [3.05, 3.63) is 96.3 Å². The van der Waals surface area contributed by atoms with Gasteiger partial charge in [-0.15, -0.1) is 0 Å². The van der Waals surface area contributed by atoms with E-state index in [-0.39, 0.29) is 12.1 Å². The van der Waals surface area contributed by atoms with Crippen molar-refractivity contribution in [2.24, 2.45) is 0 Å². The summed E-state index contributed by atoms with van der Waals surface area (Å²) in [5.41, 5.74) is 3.72. The van der Waals surface area contributed by atoms with Crippen molar-refractivity contribution >= 4 is 22.8 Å². The molecule has 5 nitrogen and oxygen atoms in total. The van der Waals surface area contributed by atoms with Crippen molar-refractivity contribution in [2.75, 3.05) is 5.32 Å². The van der Waals surface area contributed by atoms with E-state index in [0.717, 1.165) is 28.1 Å². The minimum absolute atomic E-state index is 0.261. The third-order valence-corrected chi connectivity index (χ3v) is 4.36. The minimum Gasteiger partial charge on any atom is -0.340 e. The Morgan fingerprint density at radius 2 is 1.56 bits per heavy atom. The molecule has 27 heavy (non-hydrogen) atoms. The van der Waals surface area contributed by atoms with E-state index >= 15 is 0 Å². The number of nitrogens with zero attached hydrogens (tertiary/aromatic N) is 1. The molecule has 0 fully saturated rings. The van der Waals surface area contributed by atoms with Gasteiger partial charge in [-0.1, -0.05) is 60.7 Å². The number of imidazole rings is 1. The Kier molecular flexibility index (Phi) is 4.83. The molecule has 0 spiro atoms. The van der Waals surface area contributed by atoms with Gasteiger partial charge in [0.15, 0.2) is 0 Å². The van der Waals surface area contributed by atoms with Crippen molar-refractivity contribution in [3.8, 4) is 0 Å². The van der Waals surface area contributed by atoms with Gasteiger partial charge in [0.05, 0.1) is 17.1 Å². The largest absolute Gasteiger partial charge is 0.340 e. The molecular weight excluding hydrogens is 336 g/mol. The van der Waals surface area contributed by atoms with E-state index in [9.17, 15) is 4.79 Å². The molecule has 3 aromatic carbocycles. The Morgan fingerprint density at radius 1 is 0.889 bits per heavy atom. The number of aromatic nitrogens is 2. The summed E-state index contributed by atoms with van der Waals surface area (Å²) in [6.07, 6.45) is 0.642. The number of H-pyrrole nitrogens is 1. The van der Waals surface area contributed by atoms with E-state index in [1.165, 1.54) is 0 Å². The molecule has 2 amide bonds. The molecule has 0 aliphatic carbocycles. The molecule has 0 radical (unpaired) electrons. The maximum Gasteiger partial charge on any atom is 0.319 e. The van der Waals surface area contributed by atoms with Crippen LogP contribution in [0.3, 0.4) is 0 Å². The molecule has 0 aliphatic rings. The molecule has 1 atom stereocenters. The zero-order valence-corrected chi connectivity index (χ0v) is 14.7. The van der Waals surface area contributed by atoms with Crippen LogP contribution < -0.4 is 10.6 Å². The third-order valence-electron chi connectivity index (χ3n) is 4.36. The molecule has 4 aromatic rings. The first-order valence-electron chi connectivity index (χ1n) is 8.89. The van der Waals surface area contributed by atoms with Crippen LogP contribution in [0.25, 0.3) is 11.0 Å². The van der Waals surface area contributed by atoms with Crippen LogP contribution >= 0.6 is 0 Å². The SMILES string of the molecule is O=C(Nc1ccccc1)NC(Cc1ccccc1)c1nc2ccccc2[nH]1. The highest BCUT2D eigenvalue weighted by Crippen LogP contribution is 2.20. The fraction of sp³-hybridized carbons (Fsp3) is 0.0909. The summed E-state index contributed by atoms with van der Waals surface area (Å²) >= 11 is 0. The number of aromatic amines is 1. The number of hydrogen-bond acceptors (Lipinski definition) is 2. The van der Waals surface area contributed by atoms with E-state index in [1.54, 1.807) is 0 Å². The van der Waals surface area contributed by atoms with Crippen LogP contribution in [0.5, 0.6) is 0 Å². The zero-order valence-electron chi connectivity index (χ0n) is 14.7. The van der Waals surface area contributed by atoms with Gasteiger partial charge in [-0.05, 0) is 36.2 Å². The van der Waals surface area contributed by atoms with Crippen LogP contribution in [-0.2, 0) is 6.42 Å². The Morgan fingerprint density at radius 3 is 2.30 bits per heavy atom. The summed E-state index contributed by atoms with van der Waals surface area (Å²) in [5.74, 6) is 0.739. The van der Waals surface area contributed by atoms with Gasteiger partial charge in [-0.25, -0.2) is 9.78 Å². The number of anilines is 1. The normalized spacial score (nSPS) is 11.9. The highest BCUT2D eigenvalue weighted by molar-refractivity contribution is 5.89. The average Bonchev–Trinajstić information content (AvgIpc) is 3.13. The maximum atomic E-state index is 12.5. The summed E-state index contributed by atoms with van der Waals surface area (Å²) < 4.78 is 0. The van der Waals surface area contributed by atoms with Gasteiger partial charge in [0, 0.05) is 5.69 Å². The van der Waals surface area contributed by atoms with E-state index in [4.69, 9.17) is 0 Å². The van der Waals surface area contributed by atoms with Crippen molar-refractivity contribution < 1.29 is 4.79 Å². The van der Waals surface area contributed by atoms with Crippen LogP contribution in [0.2, 0.25) is 0 Å². The summed E-state index contributed by atoms with van der Waals surface area (Å²) in [6, 6.07) is 26.8. The standard InChI is InChI=1S/C22H20N4O/c27-22(23-17-11-5-2-6-12-17)26-20(15-16-9-3-1-4-10-16)21-24-18-13-7-8-14-19(18)25-21/h1-14,20H,15H2,(H,24,25)(H2,23,26,27). The van der Waals surface area contributed by atoms with Crippen molar-refractivity contribution in [1.82, 2.24) is 15.3 Å². The molecule has 5 heteroatoms. The highest BCUT2D eigenvalue weighted by atomic mass is 16.2. The van der Waals surface area contributed by atoms with Crippen LogP contribution in [0, 0.1) is 0 Å². The molecule has 0 saturated carbocycles. The van der Waals surface area contributed by atoms with Gasteiger partial charge in [0.2, 0.25) is 0 Å². The molecule has 0 aliphatic heterocycles. The second kappa shape index (κ2) is 7.74. The Bertz CT molecular complexity index is 995. The number of nitrogens with one attached hydrogen (secondary N) is 3. The topological polar surface area (TPSA) is 69.8 Å². The number of amides is 2. The molecule has 4 rings (SSSR count). The first kappa shape index (κ1) is 16.8. The second-order valence-electron chi connectivity index (χ2n) is 6.35. The lowest BCUT2D eigenvalue weighted by atomic mass is 10.1. The number of hydrogen-bond donors (Lipinski definition) is 3. The van der Waals surface area contributed by atoms with E-state index in [0.29, 0.717) is 6.42 Å². The first-order chi connectivity index (χ1) is 13.3. The van der Waals surface area contributed by atoms with Crippen LogP contribution in [0.1, 0.15) is 17.4 Å². The number of carbonyl (C=O) groups is 1. The lowest BCUT2D eigenvalue weighted by Gasteiger charge is -2.17. The number of benzene rings is 3. The van der Waals surface area contributed by atoms with Gasteiger partial charge in [-0.3, -0.25) is 0 Å². The summed E-state index contributed by atoms with van der Waals surface area (Å²) in [4.78, 5) is 20.5. The molecule has 0 bridgehead atoms. The van der Waals surface area contributed by atoms with E-state index in [1.807, 2.05) is 84.9 Å². The highest BCUT2D eigenvalue weighted by Gasteiger charge is 2.19. The Hall–Kier alpha value is -3.60. The summed E-state index contributed by atoms with van der Waals surface area (Å²) in [7, 11) is 0. The molecular formula is C22H20N4O. The second-order valence-corrected chi connectivity index (χ2v) is 6.35. The summed E-state index contributed by atoms with van der Waals surface area (Å²) in [6.45, 7) is 0. The molecule has 1 aromatic heterocycles. The minimum atomic E-state index is -0.275. The Balaban J connectivity index is 1.58. The first-order valence-corrected chi connectivity index (χ1v) is 8.89. The monoisotopic (exact) mass is 356 g/mol. The number of carbonyl (C=O) groups excluding carboxylic acids is 1. The molecule has 1 heterocycles. The quantitative estimate of drug-likeness (QED) is 0.486. The van der Waals surface area contributed by atoms with Crippen molar-refractivity contribution in [3.63, 3.8) is 0 Å². The lowest BCUT2D eigenvalue weighted by Crippen LogP contribution is -2.34. The van der Waals surface area contributed by atoms with Crippen LogP contribution in [0.15, 0.2) is 84.9 Å². The van der Waals surface area contributed by atoms with Gasteiger partial charge in [0.25, 0.3) is 0 Å².